The maximum Gasteiger partial charge on any atom is 0.340 e. The number of carbonyl (C=O) groups excluding carboxylic acids is 2. The minimum absolute atomic E-state index is 0.0141. The monoisotopic (exact) mass is 421 g/mol. The van der Waals surface area contributed by atoms with Crippen LogP contribution in [0.3, 0.4) is 0 Å². The molecule has 0 radical (unpaired) electrons. The Labute approximate surface area is 175 Å². The zero-order chi connectivity index (χ0) is 22.4. The van der Waals surface area contributed by atoms with E-state index in [0.717, 1.165) is 0 Å². The quantitative estimate of drug-likeness (QED) is 0.632. The lowest BCUT2D eigenvalue weighted by molar-refractivity contribution is -0.140. The number of hydrogen-bond donors (Lipinski definition) is 1. The van der Waals surface area contributed by atoms with Gasteiger partial charge < -0.3 is 34.2 Å². The van der Waals surface area contributed by atoms with Crippen LogP contribution in [0.2, 0.25) is 0 Å². The molecule has 30 heavy (non-hydrogen) atoms. The van der Waals surface area contributed by atoms with Crippen LogP contribution in [0.4, 0.5) is 0 Å². The molecular formula is C21H27NO8. The van der Waals surface area contributed by atoms with Crippen LogP contribution in [0.5, 0.6) is 17.2 Å². The highest BCUT2D eigenvalue weighted by molar-refractivity contribution is 5.99. The predicted octanol–water partition coefficient (Wildman–Crippen LogP) is 2.40. The number of benzene rings is 1. The standard InChI is InChI=1S/C21H27NO8/c1-7-28-20(23)15-11(3)30-19(22)17(21(24)29-8-2)16(15)12-9-13(25-4)18(27-6)14(10-12)26-5/h9-10,16H,7-8,22H2,1-6H3/t16-/m0/s1. The number of ether oxygens (including phenoxy) is 6. The van der Waals surface area contributed by atoms with Crippen LogP contribution in [-0.4, -0.2) is 46.5 Å². The topological polar surface area (TPSA) is 116 Å². The van der Waals surface area contributed by atoms with E-state index < -0.39 is 17.9 Å². The molecule has 9 nitrogen and oxygen atoms in total. The van der Waals surface area contributed by atoms with Crippen molar-refractivity contribution in [2.45, 2.75) is 26.7 Å². The molecule has 1 aromatic rings. The van der Waals surface area contributed by atoms with Gasteiger partial charge in [-0.1, -0.05) is 0 Å². The van der Waals surface area contributed by atoms with Crippen molar-refractivity contribution in [1.82, 2.24) is 0 Å². The minimum atomic E-state index is -0.925. The van der Waals surface area contributed by atoms with Gasteiger partial charge in [0.25, 0.3) is 0 Å². The fourth-order valence-electron chi connectivity index (χ4n) is 3.26. The third-order valence-corrected chi connectivity index (χ3v) is 4.50. The van der Waals surface area contributed by atoms with Crippen LogP contribution >= 0.6 is 0 Å². The van der Waals surface area contributed by atoms with Gasteiger partial charge in [-0.2, -0.15) is 0 Å². The minimum Gasteiger partial charge on any atom is -0.493 e. The van der Waals surface area contributed by atoms with E-state index in [-0.39, 0.29) is 36.0 Å². The van der Waals surface area contributed by atoms with E-state index in [9.17, 15) is 9.59 Å². The SMILES string of the molecule is CCOC(=O)C1=C(C)OC(N)=C(C(=O)OCC)[C@H]1c1cc(OC)c(OC)c(OC)c1. The van der Waals surface area contributed by atoms with Gasteiger partial charge in [0.05, 0.1) is 46.0 Å². The molecule has 0 spiro atoms. The van der Waals surface area contributed by atoms with Crippen LogP contribution in [0.25, 0.3) is 0 Å². The Hall–Kier alpha value is -3.36. The fourth-order valence-corrected chi connectivity index (χ4v) is 3.26. The van der Waals surface area contributed by atoms with Gasteiger partial charge in [-0.15, -0.1) is 0 Å². The fraction of sp³-hybridized carbons (Fsp3) is 0.429. The number of allylic oxidation sites excluding steroid dienone is 1. The van der Waals surface area contributed by atoms with Crippen molar-refractivity contribution in [1.29, 1.82) is 0 Å². The van der Waals surface area contributed by atoms with E-state index in [2.05, 4.69) is 0 Å². The average molecular weight is 421 g/mol. The number of carbonyl (C=O) groups is 2. The van der Waals surface area contributed by atoms with Gasteiger partial charge in [0.15, 0.2) is 11.5 Å². The van der Waals surface area contributed by atoms with Crippen molar-refractivity contribution in [3.63, 3.8) is 0 Å². The largest absolute Gasteiger partial charge is 0.493 e. The Kier molecular flexibility index (Phi) is 7.57. The summed E-state index contributed by atoms with van der Waals surface area (Å²) in [5.41, 5.74) is 6.65. The van der Waals surface area contributed by atoms with Gasteiger partial charge in [0.2, 0.25) is 11.6 Å². The summed E-state index contributed by atoms with van der Waals surface area (Å²) < 4.78 is 32.1. The summed E-state index contributed by atoms with van der Waals surface area (Å²) in [6.45, 7) is 5.19. The molecular weight excluding hydrogens is 394 g/mol. The predicted molar refractivity (Wildman–Crippen MR) is 107 cm³/mol. The molecule has 2 rings (SSSR count). The number of methoxy groups -OCH3 is 3. The van der Waals surface area contributed by atoms with Gasteiger partial charge in [0.1, 0.15) is 11.3 Å². The summed E-state index contributed by atoms with van der Waals surface area (Å²) in [6.07, 6.45) is 0. The Bertz CT molecular complexity index is 822. The Morgan fingerprint density at radius 3 is 1.87 bits per heavy atom. The smallest absolute Gasteiger partial charge is 0.340 e. The van der Waals surface area contributed by atoms with E-state index in [1.807, 2.05) is 0 Å². The van der Waals surface area contributed by atoms with E-state index in [0.29, 0.717) is 22.8 Å². The van der Waals surface area contributed by atoms with Crippen LogP contribution in [-0.2, 0) is 23.8 Å². The first kappa shape index (κ1) is 22.9. The second kappa shape index (κ2) is 9.91. The van der Waals surface area contributed by atoms with Gasteiger partial charge in [-0.25, -0.2) is 9.59 Å². The van der Waals surface area contributed by atoms with Gasteiger partial charge in [0, 0.05) is 0 Å². The van der Waals surface area contributed by atoms with Crippen LogP contribution in [0, 0.1) is 0 Å². The summed E-state index contributed by atoms with van der Waals surface area (Å²) in [7, 11) is 4.41. The highest BCUT2D eigenvalue weighted by atomic mass is 16.5. The van der Waals surface area contributed by atoms with Gasteiger partial charge in [-0.3, -0.25) is 0 Å². The number of esters is 2. The lowest BCUT2D eigenvalue weighted by Gasteiger charge is -2.29. The van der Waals surface area contributed by atoms with Crippen molar-refractivity contribution in [3.05, 3.63) is 40.5 Å². The van der Waals surface area contributed by atoms with E-state index in [1.165, 1.54) is 21.3 Å². The molecule has 0 amide bonds. The molecule has 0 saturated carbocycles. The Balaban J connectivity index is 2.79. The van der Waals surface area contributed by atoms with Crippen LogP contribution in [0.15, 0.2) is 34.9 Å². The summed E-state index contributed by atoms with van der Waals surface area (Å²) in [6, 6.07) is 3.27. The first-order valence-corrected chi connectivity index (χ1v) is 9.36. The van der Waals surface area contributed by atoms with Crippen LogP contribution < -0.4 is 19.9 Å². The summed E-state index contributed by atoms with van der Waals surface area (Å²) >= 11 is 0. The normalized spacial score (nSPS) is 16.0. The summed E-state index contributed by atoms with van der Waals surface area (Å²) in [4.78, 5) is 25.5. The Morgan fingerprint density at radius 2 is 1.43 bits per heavy atom. The molecule has 0 fully saturated rings. The number of hydrogen-bond acceptors (Lipinski definition) is 9. The lowest BCUT2D eigenvalue weighted by atomic mass is 9.82. The summed E-state index contributed by atoms with van der Waals surface area (Å²) in [5.74, 6) is -1.14. The lowest BCUT2D eigenvalue weighted by Crippen LogP contribution is -2.30. The van der Waals surface area contributed by atoms with Gasteiger partial charge >= 0.3 is 11.9 Å². The molecule has 164 valence electrons. The van der Waals surface area contributed by atoms with Gasteiger partial charge in [-0.05, 0) is 38.5 Å². The Morgan fingerprint density at radius 1 is 0.933 bits per heavy atom. The molecule has 0 unspecified atom stereocenters. The van der Waals surface area contributed by atoms with Crippen molar-refractivity contribution >= 4 is 11.9 Å². The third kappa shape index (κ3) is 4.29. The van der Waals surface area contributed by atoms with E-state index in [4.69, 9.17) is 34.2 Å². The highest BCUT2D eigenvalue weighted by Gasteiger charge is 2.40. The molecule has 1 atom stereocenters. The van der Waals surface area contributed by atoms with Crippen molar-refractivity contribution in [3.8, 4) is 17.2 Å². The summed E-state index contributed by atoms with van der Waals surface area (Å²) in [5, 5.41) is 0. The molecule has 1 aliphatic rings. The van der Waals surface area contributed by atoms with Crippen molar-refractivity contribution < 1.29 is 38.0 Å². The zero-order valence-electron chi connectivity index (χ0n) is 18.0. The second-order valence-electron chi connectivity index (χ2n) is 6.18. The van der Waals surface area contributed by atoms with E-state index in [1.54, 1.807) is 32.9 Å². The molecule has 0 bridgehead atoms. The molecule has 0 aromatic heterocycles. The first-order chi connectivity index (χ1) is 14.3. The third-order valence-electron chi connectivity index (χ3n) is 4.50. The zero-order valence-corrected chi connectivity index (χ0v) is 18.0. The average Bonchev–Trinajstić information content (AvgIpc) is 2.72. The van der Waals surface area contributed by atoms with E-state index >= 15 is 0 Å². The molecule has 1 aromatic carbocycles. The van der Waals surface area contributed by atoms with Crippen LogP contribution in [0.1, 0.15) is 32.3 Å². The molecule has 1 aliphatic heterocycles. The molecule has 2 N–H and O–H groups in total. The van der Waals surface area contributed by atoms with Crippen molar-refractivity contribution in [2.24, 2.45) is 5.73 Å². The van der Waals surface area contributed by atoms with Crippen molar-refractivity contribution in [2.75, 3.05) is 34.5 Å². The number of rotatable bonds is 8. The molecule has 1 heterocycles. The maximum absolute atomic E-state index is 12.8. The first-order valence-electron chi connectivity index (χ1n) is 9.36. The second-order valence-corrected chi connectivity index (χ2v) is 6.18. The molecule has 0 saturated heterocycles. The number of nitrogens with two attached hydrogens (primary N) is 1. The molecule has 9 heteroatoms. The highest BCUT2D eigenvalue weighted by Crippen LogP contribution is 2.46. The maximum atomic E-state index is 12.8. The molecule has 0 aliphatic carbocycles.